The number of nitrogens with one attached hydrogen (secondary N) is 3. The Morgan fingerprint density at radius 3 is 2.47 bits per heavy atom. The van der Waals surface area contributed by atoms with Crippen molar-refractivity contribution in [1.29, 1.82) is 0 Å². The second-order valence-corrected chi connectivity index (χ2v) is 11.9. The number of rotatable bonds is 9. The number of benzene rings is 2. The summed E-state index contributed by atoms with van der Waals surface area (Å²) in [6.07, 6.45) is 4.91. The monoisotopic (exact) mass is 581 g/mol. The number of likely N-dealkylation sites (tertiary alicyclic amines) is 1. The maximum Gasteiger partial charge on any atom is 0.408 e. The molecule has 4 aromatic rings. The van der Waals surface area contributed by atoms with Gasteiger partial charge in [0, 0.05) is 48.4 Å². The number of hydrogen-bond donors (Lipinski definition) is 3. The van der Waals surface area contributed by atoms with Gasteiger partial charge < -0.3 is 25.3 Å². The highest BCUT2D eigenvalue weighted by molar-refractivity contribution is 5.93. The molecule has 3 heterocycles. The van der Waals surface area contributed by atoms with Crippen molar-refractivity contribution in [2.45, 2.75) is 70.2 Å². The first-order valence-corrected chi connectivity index (χ1v) is 14.8. The molecule has 0 radical (unpaired) electrons. The van der Waals surface area contributed by atoms with Gasteiger partial charge in [0.1, 0.15) is 17.7 Å². The van der Waals surface area contributed by atoms with E-state index in [-0.39, 0.29) is 24.3 Å². The van der Waals surface area contributed by atoms with Crippen LogP contribution in [0.15, 0.2) is 85.2 Å². The lowest BCUT2D eigenvalue weighted by Gasteiger charge is -2.30. The molecule has 2 aromatic carbocycles. The molecule has 1 aliphatic heterocycles. The van der Waals surface area contributed by atoms with E-state index < -0.39 is 23.8 Å². The van der Waals surface area contributed by atoms with Crippen molar-refractivity contribution in [3.63, 3.8) is 0 Å². The van der Waals surface area contributed by atoms with Crippen LogP contribution in [0.4, 0.5) is 4.79 Å². The molecule has 3 N–H and O–H groups in total. The van der Waals surface area contributed by atoms with Crippen LogP contribution in [0.3, 0.4) is 0 Å². The Morgan fingerprint density at radius 2 is 1.72 bits per heavy atom. The van der Waals surface area contributed by atoms with Gasteiger partial charge in [0.05, 0.1) is 6.04 Å². The van der Waals surface area contributed by atoms with Crippen molar-refractivity contribution < 1.29 is 19.1 Å². The lowest BCUT2D eigenvalue weighted by Crippen LogP contribution is -2.55. The molecule has 0 aliphatic carbocycles. The fourth-order valence-corrected chi connectivity index (χ4v) is 5.61. The quantitative estimate of drug-likeness (QED) is 0.255. The lowest BCUT2D eigenvalue weighted by molar-refractivity contribution is -0.140. The molecule has 0 spiro atoms. The third-order valence-corrected chi connectivity index (χ3v) is 7.58. The van der Waals surface area contributed by atoms with Crippen molar-refractivity contribution >= 4 is 28.8 Å². The summed E-state index contributed by atoms with van der Waals surface area (Å²) in [6.45, 7) is 5.75. The van der Waals surface area contributed by atoms with Gasteiger partial charge in [0.15, 0.2) is 0 Å². The van der Waals surface area contributed by atoms with Gasteiger partial charge in [-0.05, 0) is 62.9 Å². The normalized spacial score (nSPS) is 16.4. The summed E-state index contributed by atoms with van der Waals surface area (Å²) >= 11 is 0. The van der Waals surface area contributed by atoms with Crippen LogP contribution >= 0.6 is 0 Å². The first-order valence-electron chi connectivity index (χ1n) is 14.8. The number of aromatic nitrogens is 2. The molecule has 1 fully saturated rings. The number of aromatic amines is 1. The number of carbonyl (C=O) groups excluding carboxylic acids is 3. The standard InChI is InChI=1S/C34H39N5O4/c1-34(2,3)43-33(42)38-29(20-24-22-36-27-16-8-7-15-26(24)27)32(41)39-19-11-17-30(39)31(40)37-28(23-12-5-4-6-13-23)21-25-14-9-10-18-35-25/h4-10,12-16,18,22,28-30,36H,11,17,19-21H2,1-3H3,(H,37,40)(H,38,42)/t28-,29-,30-/m0/s1. The molecule has 0 bridgehead atoms. The highest BCUT2D eigenvalue weighted by atomic mass is 16.6. The van der Waals surface area contributed by atoms with Crippen LogP contribution in [0.2, 0.25) is 0 Å². The number of fused-ring (bicyclic) bond motifs is 1. The molecule has 0 saturated carbocycles. The van der Waals surface area contributed by atoms with E-state index in [1.165, 1.54) is 0 Å². The summed E-state index contributed by atoms with van der Waals surface area (Å²) in [5, 5.41) is 6.98. The summed E-state index contributed by atoms with van der Waals surface area (Å²) < 4.78 is 5.51. The number of hydrogen-bond acceptors (Lipinski definition) is 5. The number of carbonyl (C=O) groups is 3. The molecule has 3 amide bonds. The smallest absolute Gasteiger partial charge is 0.408 e. The van der Waals surface area contributed by atoms with Gasteiger partial charge in [-0.2, -0.15) is 0 Å². The Labute approximate surface area is 252 Å². The number of amides is 3. The maximum atomic E-state index is 14.1. The van der Waals surface area contributed by atoms with Gasteiger partial charge in [0.2, 0.25) is 11.8 Å². The summed E-state index contributed by atoms with van der Waals surface area (Å²) in [4.78, 5) is 50.1. The van der Waals surface area contributed by atoms with E-state index in [1.807, 2.05) is 79.0 Å². The van der Waals surface area contributed by atoms with Gasteiger partial charge in [-0.1, -0.05) is 54.6 Å². The highest BCUT2D eigenvalue weighted by Crippen LogP contribution is 2.25. The molecule has 0 unspecified atom stereocenters. The number of para-hydroxylation sites is 1. The number of pyridine rings is 1. The molecule has 43 heavy (non-hydrogen) atoms. The summed E-state index contributed by atoms with van der Waals surface area (Å²) in [5.41, 5.74) is 2.93. The van der Waals surface area contributed by atoms with Gasteiger partial charge in [-0.25, -0.2) is 4.79 Å². The van der Waals surface area contributed by atoms with Gasteiger partial charge in [0.25, 0.3) is 0 Å². The molecule has 9 heteroatoms. The second-order valence-electron chi connectivity index (χ2n) is 11.9. The van der Waals surface area contributed by atoms with E-state index in [0.717, 1.165) is 27.7 Å². The van der Waals surface area contributed by atoms with E-state index >= 15 is 0 Å². The minimum atomic E-state index is -0.916. The Balaban J connectivity index is 1.36. The fourth-order valence-electron chi connectivity index (χ4n) is 5.61. The molecule has 224 valence electrons. The minimum absolute atomic E-state index is 0.223. The summed E-state index contributed by atoms with van der Waals surface area (Å²) in [7, 11) is 0. The van der Waals surface area contributed by atoms with E-state index in [9.17, 15) is 14.4 Å². The number of H-pyrrole nitrogens is 1. The van der Waals surface area contributed by atoms with Crippen LogP contribution < -0.4 is 10.6 Å². The first kappa shape index (κ1) is 29.8. The minimum Gasteiger partial charge on any atom is -0.444 e. The molecule has 1 aliphatic rings. The average molecular weight is 582 g/mol. The van der Waals surface area contributed by atoms with Crippen LogP contribution in [0, 0.1) is 0 Å². The van der Waals surface area contributed by atoms with E-state index in [0.29, 0.717) is 25.8 Å². The summed E-state index contributed by atoms with van der Waals surface area (Å²) in [6, 6.07) is 21.4. The van der Waals surface area contributed by atoms with E-state index in [2.05, 4.69) is 20.6 Å². The number of alkyl carbamates (subject to hydrolysis) is 1. The Morgan fingerprint density at radius 1 is 0.977 bits per heavy atom. The van der Waals surface area contributed by atoms with Gasteiger partial charge in [-0.15, -0.1) is 0 Å². The van der Waals surface area contributed by atoms with Gasteiger partial charge >= 0.3 is 6.09 Å². The number of ether oxygens (including phenoxy) is 1. The zero-order valence-electron chi connectivity index (χ0n) is 24.9. The second kappa shape index (κ2) is 13.1. The van der Waals surface area contributed by atoms with Crippen molar-refractivity contribution in [2.24, 2.45) is 0 Å². The first-order chi connectivity index (χ1) is 20.7. The Hall–Kier alpha value is -4.66. The molecular weight excluding hydrogens is 542 g/mol. The van der Waals surface area contributed by atoms with Crippen molar-refractivity contribution in [3.05, 3.63) is 102 Å². The predicted molar refractivity (Wildman–Crippen MR) is 165 cm³/mol. The third-order valence-electron chi connectivity index (χ3n) is 7.58. The third kappa shape index (κ3) is 7.60. The highest BCUT2D eigenvalue weighted by Gasteiger charge is 2.39. The van der Waals surface area contributed by atoms with E-state index in [4.69, 9.17) is 4.74 Å². The van der Waals surface area contributed by atoms with Gasteiger partial charge in [-0.3, -0.25) is 14.6 Å². The molecule has 5 rings (SSSR count). The fraction of sp³-hybridized carbons (Fsp3) is 0.353. The molecule has 2 aromatic heterocycles. The maximum absolute atomic E-state index is 14.1. The van der Waals surface area contributed by atoms with Crippen LogP contribution in [0.1, 0.15) is 56.5 Å². The van der Waals surface area contributed by atoms with Crippen molar-refractivity contribution in [1.82, 2.24) is 25.5 Å². The molecule has 9 nitrogen and oxygen atoms in total. The van der Waals surface area contributed by atoms with Crippen LogP contribution in [-0.2, 0) is 27.2 Å². The van der Waals surface area contributed by atoms with Crippen LogP contribution in [0.5, 0.6) is 0 Å². The Bertz CT molecular complexity index is 1550. The van der Waals surface area contributed by atoms with Crippen molar-refractivity contribution in [3.8, 4) is 0 Å². The molecule has 3 atom stereocenters. The van der Waals surface area contributed by atoms with E-state index in [1.54, 1.807) is 31.9 Å². The zero-order valence-corrected chi connectivity index (χ0v) is 24.9. The molecule has 1 saturated heterocycles. The largest absolute Gasteiger partial charge is 0.444 e. The van der Waals surface area contributed by atoms with Crippen LogP contribution in [-0.4, -0.2) is 57.0 Å². The number of nitrogens with zero attached hydrogens (tertiary/aromatic N) is 2. The molecular formula is C34H39N5O4. The van der Waals surface area contributed by atoms with Crippen molar-refractivity contribution in [2.75, 3.05) is 6.54 Å². The average Bonchev–Trinajstić information content (AvgIpc) is 3.64. The predicted octanol–water partition coefficient (Wildman–Crippen LogP) is 5.09. The van der Waals surface area contributed by atoms with Crippen LogP contribution in [0.25, 0.3) is 10.9 Å². The zero-order chi connectivity index (χ0) is 30.4. The summed E-state index contributed by atoms with van der Waals surface area (Å²) in [5.74, 6) is -0.534. The topological polar surface area (TPSA) is 116 Å². The lowest BCUT2D eigenvalue weighted by atomic mass is 10.0. The Kier molecular flexibility index (Phi) is 9.09. The SMILES string of the molecule is CC(C)(C)OC(=O)N[C@@H](Cc1c[nH]c2ccccc12)C(=O)N1CCC[C@H]1C(=O)N[C@@H](Cc1ccccn1)c1ccccc1.